The van der Waals surface area contributed by atoms with Crippen molar-refractivity contribution in [1.29, 1.82) is 0 Å². The SMILES string of the molecule is CCc1nc2ccc(Cl)cn2c1C(=O)NCc1ccc(N2CCC(c3ccc(OC(F)(F)F)cc3)CC2)cc1.Fc1ccc(Oc2ccc(CNc3ncnc4ccccc34)cc2)cc1. The van der Waals surface area contributed by atoms with Crippen LogP contribution in [-0.2, 0) is 19.5 Å². The molecule has 10 nitrogen and oxygen atoms in total. The Balaban J connectivity index is 0.000000192. The second-order valence-corrected chi connectivity index (χ2v) is 15.8. The molecule has 0 radical (unpaired) electrons. The van der Waals surface area contributed by atoms with Crippen LogP contribution in [0.1, 0.15) is 58.6 Å². The molecule has 1 fully saturated rings. The van der Waals surface area contributed by atoms with E-state index in [4.69, 9.17) is 16.3 Å². The van der Waals surface area contributed by atoms with Crippen molar-refractivity contribution < 1.29 is 31.8 Å². The number of imidazole rings is 1. The van der Waals surface area contributed by atoms with E-state index in [0.717, 1.165) is 70.7 Å². The van der Waals surface area contributed by atoms with E-state index in [0.29, 0.717) is 47.4 Å². The van der Waals surface area contributed by atoms with Crippen LogP contribution in [0.3, 0.4) is 0 Å². The number of hydrogen-bond donors (Lipinski definition) is 2. The molecule has 5 aromatic carbocycles. The van der Waals surface area contributed by atoms with Crippen molar-refractivity contribution in [3.63, 3.8) is 0 Å². The molecule has 0 aliphatic carbocycles. The van der Waals surface area contributed by atoms with Gasteiger partial charge in [-0.05, 0) is 127 Å². The second-order valence-electron chi connectivity index (χ2n) is 15.4. The Hall–Kier alpha value is -7.19. The monoisotopic (exact) mass is 901 g/mol. The van der Waals surface area contributed by atoms with Crippen molar-refractivity contribution in [1.82, 2.24) is 24.7 Å². The minimum atomic E-state index is -4.68. The summed E-state index contributed by atoms with van der Waals surface area (Å²) in [6, 6.07) is 39.4. The zero-order chi connectivity index (χ0) is 45.3. The Kier molecular flexibility index (Phi) is 13.7. The third-order valence-electron chi connectivity index (χ3n) is 11.0. The maximum atomic E-state index is 13.0. The summed E-state index contributed by atoms with van der Waals surface area (Å²) in [4.78, 5) is 28.5. The van der Waals surface area contributed by atoms with Crippen LogP contribution in [0.4, 0.5) is 29.1 Å². The standard InChI is InChI=1S/C29H28ClF3N4O2.C21H16FN3O/c1-2-25-27(37-18-22(30)7-12-26(37)35-25)28(38)34-17-19-3-8-23(9-4-19)36-15-13-21(14-16-36)20-5-10-24(11-6-20)39-29(31,32)33;22-16-7-11-18(12-8-16)26-17-9-5-15(6-10-17)13-23-21-19-3-1-2-4-20(19)24-14-25-21/h3-12,18,21H,2,13-17H2,1H3,(H,34,38);1-12,14H,13H2,(H,23,24,25). The minimum absolute atomic E-state index is 0.200. The van der Waals surface area contributed by atoms with Crippen LogP contribution >= 0.6 is 11.6 Å². The number of rotatable bonds is 12. The number of nitrogens with one attached hydrogen (secondary N) is 2. The summed E-state index contributed by atoms with van der Waals surface area (Å²) in [5.74, 6) is 1.72. The molecular formula is C50H44ClF4N7O3. The zero-order valence-electron chi connectivity index (χ0n) is 35.2. The van der Waals surface area contributed by atoms with E-state index in [1.807, 2.05) is 67.6 Å². The first-order valence-electron chi connectivity index (χ1n) is 21.1. The number of aromatic nitrogens is 4. The predicted octanol–water partition coefficient (Wildman–Crippen LogP) is 11.9. The van der Waals surface area contributed by atoms with Gasteiger partial charge in [0.05, 0.1) is 16.2 Å². The Morgan fingerprint density at radius 3 is 2.12 bits per heavy atom. The number of fused-ring (bicyclic) bond motifs is 2. The van der Waals surface area contributed by atoms with Gasteiger partial charge >= 0.3 is 6.36 Å². The molecule has 8 aromatic rings. The fourth-order valence-corrected chi connectivity index (χ4v) is 7.86. The number of ether oxygens (including phenoxy) is 2. The first-order valence-corrected chi connectivity index (χ1v) is 21.5. The number of anilines is 2. The largest absolute Gasteiger partial charge is 0.573 e. The average molecular weight is 902 g/mol. The molecule has 9 rings (SSSR count). The highest BCUT2D eigenvalue weighted by atomic mass is 35.5. The molecule has 4 heterocycles. The van der Waals surface area contributed by atoms with Crippen molar-refractivity contribution in [3.8, 4) is 17.2 Å². The number of carbonyl (C=O) groups is 1. The molecule has 332 valence electrons. The molecule has 3 aromatic heterocycles. The lowest BCUT2D eigenvalue weighted by Gasteiger charge is -2.34. The maximum Gasteiger partial charge on any atom is 0.573 e. The van der Waals surface area contributed by atoms with E-state index in [1.165, 1.54) is 24.3 Å². The number of hydrogen-bond acceptors (Lipinski definition) is 8. The summed E-state index contributed by atoms with van der Waals surface area (Å²) in [7, 11) is 0. The van der Waals surface area contributed by atoms with Gasteiger partial charge in [0.2, 0.25) is 0 Å². The minimum Gasteiger partial charge on any atom is -0.457 e. The summed E-state index contributed by atoms with van der Waals surface area (Å²) >= 11 is 6.14. The van der Waals surface area contributed by atoms with E-state index in [9.17, 15) is 22.4 Å². The average Bonchev–Trinajstić information content (AvgIpc) is 3.69. The summed E-state index contributed by atoms with van der Waals surface area (Å²) in [6.07, 6.45) is 1.01. The van der Waals surface area contributed by atoms with Crippen LogP contribution in [0.25, 0.3) is 16.6 Å². The Labute approximate surface area is 377 Å². The maximum absolute atomic E-state index is 13.0. The summed E-state index contributed by atoms with van der Waals surface area (Å²) < 4.78 is 61.5. The molecule has 65 heavy (non-hydrogen) atoms. The van der Waals surface area contributed by atoms with Gasteiger partial charge < -0.3 is 25.0 Å². The van der Waals surface area contributed by atoms with Gasteiger partial charge in [-0.25, -0.2) is 19.3 Å². The Morgan fingerprint density at radius 2 is 1.43 bits per heavy atom. The number of halogens is 5. The quantitative estimate of drug-likeness (QED) is 0.117. The third-order valence-corrected chi connectivity index (χ3v) is 11.2. The van der Waals surface area contributed by atoms with Gasteiger partial charge in [0.1, 0.15) is 46.6 Å². The molecule has 1 amide bonds. The van der Waals surface area contributed by atoms with Gasteiger partial charge in [-0.1, -0.05) is 67.1 Å². The number of aryl methyl sites for hydroxylation is 1. The topological polar surface area (TPSA) is 106 Å². The van der Waals surface area contributed by atoms with Crippen molar-refractivity contribution in [2.75, 3.05) is 23.3 Å². The number of pyridine rings is 1. The highest BCUT2D eigenvalue weighted by Gasteiger charge is 2.31. The normalized spacial score (nSPS) is 13.0. The summed E-state index contributed by atoms with van der Waals surface area (Å²) in [5, 5.41) is 7.87. The Morgan fingerprint density at radius 1 is 0.785 bits per heavy atom. The summed E-state index contributed by atoms with van der Waals surface area (Å²) in [5.41, 5.74) is 7.01. The number of benzene rings is 5. The number of amides is 1. The van der Waals surface area contributed by atoms with Gasteiger partial charge in [-0.3, -0.25) is 9.20 Å². The lowest BCUT2D eigenvalue weighted by molar-refractivity contribution is -0.274. The van der Waals surface area contributed by atoms with Crippen LogP contribution in [0.2, 0.25) is 5.02 Å². The molecule has 0 saturated carbocycles. The zero-order valence-corrected chi connectivity index (χ0v) is 36.0. The molecule has 2 N–H and O–H groups in total. The Bertz CT molecular complexity index is 2850. The molecule has 15 heteroatoms. The number of alkyl halides is 3. The van der Waals surface area contributed by atoms with Crippen LogP contribution in [-0.4, -0.2) is 44.7 Å². The van der Waals surface area contributed by atoms with Crippen molar-refractivity contribution in [2.45, 2.75) is 51.6 Å². The number of carbonyl (C=O) groups excluding carboxylic acids is 1. The molecule has 1 aliphatic rings. The van der Waals surface area contributed by atoms with Gasteiger partial charge in [0.15, 0.2) is 0 Å². The highest BCUT2D eigenvalue weighted by Crippen LogP contribution is 2.33. The van der Waals surface area contributed by atoms with Gasteiger partial charge in [0, 0.05) is 43.4 Å². The number of nitrogens with zero attached hydrogens (tertiary/aromatic N) is 5. The van der Waals surface area contributed by atoms with Crippen LogP contribution in [0, 0.1) is 5.82 Å². The van der Waals surface area contributed by atoms with Crippen molar-refractivity contribution in [3.05, 3.63) is 185 Å². The molecule has 0 bridgehead atoms. The third kappa shape index (κ3) is 11.5. The van der Waals surface area contributed by atoms with E-state index in [1.54, 1.807) is 53.3 Å². The fourth-order valence-electron chi connectivity index (χ4n) is 7.70. The number of para-hydroxylation sites is 1. The van der Waals surface area contributed by atoms with Crippen molar-refractivity contribution >= 4 is 45.6 Å². The van der Waals surface area contributed by atoms with Crippen LogP contribution in [0.5, 0.6) is 17.2 Å². The van der Waals surface area contributed by atoms with E-state index in [2.05, 4.69) is 47.4 Å². The van der Waals surface area contributed by atoms with Gasteiger partial charge in [-0.15, -0.1) is 13.2 Å². The van der Waals surface area contributed by atoms with Gasteiger partial charge in [-0.2, -0.15) is 0 Å². The molecule has 0 unspecified atom stereocenters. The molecule has 1 saturated heterocycles. The lowest BCUT2D eigenvalue weighted by Crippen LogP contribution is -2.32. The molecular weight excluding hydrogens is 858 g/mol. The van der Waals surface area contributed by atoms with Gasteiger partial charge in [0.25, 0.3) is 5.91 Å². The second kappa shape index (κ2) is 20.1. The lowest BCUT2D eigenvalue weighted by atomic mass is 9.89. The van der Waals surface area contributed by atoms with Crippen LogP contribution < -0.4 is 25.0 Å². The molecule has 0 atom stereocenters. The smallest absolute Gasteiger partial charge is 0.457 e. The first kappa shape index (κ1) is 44.4. The molecule has 0 spiro atoms. The molecule has 1 aliphatic heterocycles. The van der Waals surface area contributed by atoms with Crippen molar-refractivity contribution in [2.24, 2.45) is 0 Å². The first-order chi connectivity index (χ1) is 31.5. The number of piperidine rings is 1. The summed E-state index contributed by atoms with van der Waals surface area (Å²) in [6.45, 7) is 4.67. The van der Waals surface area contributed by atoms with Crippen LogP contribution in [0.15, 0.2) is 146 Å². The predicted molar refractivity (Wildman–Crippen MR) is 244 cm³/mol. The highest BCUT2D eigenvalue weighted by molar-refractivity contribution is 6.30. The van der Waals surface area contributed by atoms with E-state index < -0.39 is 6.36 Å². The fraction of sp³-hybridized carbons (Fsp3) is 0.200. The van der Waals surface area contributed by atoms with E-state index in [-0.39, 0.29) is 23.4 Å². The van der Waals surface area contributed by atoms with E-state index >= 15 is 0 Å².